The van der Waals surface area contributed by atoms with Gasteiger partial charge in [0.2, 0.25) is 0 Å². The van der Waals surface area contributed by atoms with Crippen LogP contribution in [0.4, 0.5) is 0 Å². The van der Waals surface area contributed by atoms with Crippen molar-refractivity contribution in [1.82, 2.24) is 4.98 Å². The van der Waals surface area contributed by atoms with E-state index < -0.39 is 0 Å². The highest BCUT2D eigenvalue weighted by atomic mass is 79.9. The predicted octanol–water partition coefficient (Wildman–Crippen LogP) is 6.89. The standard InChI is InChI=1S/C25H22BrNO2/c1-3-17(18-9-5-4-8-15(18)2)24(16-12-21(26)25(29)23(28)13-16)20-14-27-22-11-7-6-10-19(20)22/h3-14,24,27-29H,1-2H3/b17-3+. The molecule has 1 heterocycles. The van der Waals surface area contributed by atoms with Crippen molar-refractivity contribution in [3.8, 4) is 11.5 Å². The number of aryl methyl sites for hydroxylation is 1. The summed E-state index contributed by atoms with van der Waals surface area (Å²) >= 11 is 3.38. The van der Waals surface area contributed by atoms with Gasteiger partial charge in [-0.15, -0.1) is 0 Å². The van der Waals surface area contributed by atoms with E-state index in [2.05, 4.69) is 58.2 Å². The molecule has 3 N–H and O–H groups in total. The molecule has 29 heavy (non-hydrogen) atoms. The normalized spacial score (nSPS) is 13.0. The molecule has 0 saturated heterocycles. The number of rotatable bonds is 4. The Morgan fingerprint density at radius 1 is 1.03 bits per heavy atom. The van der Waals surface area contributed by atoms with E-state index in [0.29, 0.717) is 4.47 Å². The first-order valence-electron chi connectivity index (χ1n) is 9.50. The zero-order chi connectivity index (χ0) is 20.5. The lowest BCUT2D eigenvalue weighted by Crippen LogP contribution is -2.05. The van der Waals surface area contributed by atoms with Crippen LogP contribution in [0.15, 0.2) is 77.4 Å². The number of fused-ring (bicyclic) bond motifs is 1. The van der Waals surface area contributed by atoms with Crippen molar-refractivity contribution in [3.63, 3.8) is 0 Å². The van der Waals surface area contributed by atoms with Crippen LogP contribution in [0.1, 0.15) is 35.1 Å². The van der Waals surface area contributed by atoms with Gasteiger partial charge in [0.15, 0.2) is 11.5 Å². The summed E-state index contributed by atoms with van der Waals surface area (Å²) in [4.78, 5) is 3.37. The van der Waals surface area contributed by atoms with Gasteiger partial charge < -0.3 is 15.2 Å². The first-order valence-corrected chi connectivity index (χ1v) is 10.3. The maximum atomic E-state index is 10.3. The number of hydrogen-bond donors (Lipinski definition) is 3. The zero-order valence-electron chi connectivity index (χ0n) is 16.3. The molecule has 0 aliphatic heterocycles. The van der Waals surface area contributed by atoms with Gasteiger partial charge in [0.1, 0.15) is 0 Å². The third-order valence-electron chi connectivity index (χ3n) is 5.41. The number of phenolic OH excluding ortho intramolecular Hbond substituents is 2. The molecule has 1 aromatic heterocycles. The fraction of sp³-hybridized carbons (Fsp3) is 0.120. The zero-order valence-corrected chi connectivity index (χ0v) is 17.9. The lowest BCUT2D eigenvalue weighted by molar-refractivity contribution is 0.401. The fourth-order valence-electron chi connectivity index (χ4n) is 4.01. The first-order chi connectivity index (χ1) is 14.0. The molecule has 0 aliphatic carbocycles. The summed E-state index contributed by atoms with van der Waals surface area (Å²) < 4.78 is 0.470. The molecule has 1 atom stereocenters. The van der Waals surface area contributed by atoms with Crippen LogP contribution in [0.5, 0.6) is 11.5 Å². The molecule has 0 amide bonds. The number of nitrogens with one attached hydrogen (secondary N) is 1. The van der Waals surface area contributed by atoms with Crippen LogP contribution in [-0.4, -0.2) is 15.2 Å². The Labute approximate surface area is 178 Å². The van der Waals surface area contributed by atoms with Crippen LogP contribution >= 0.6 is 15.9 Å². The SMILES string of the molecule is C/C=C(\c1ccccc1C)C(c1cc(O)c(O)c(Br)c1)c1c[nH]c2ccccc12. The molecule has 146 valence electrons. The second-order valence-corrected chi connectivity index (χ2v) is 8.01. The quantitative estimate of drug-likeness (QED) is 0.298. The Balaban J connectivity index is 2.01. The molecule has 0 bridgehead atoms. The third kappa shape index (κ3) is 3.45. The molecular formula is C25H22BrNO2. The van der Waals surface area contributed by atoms with Gasteiger partial charge in [-0.3, -0.25) is 0 Å². The fourth-order valence-corrected chi connectivity index (χ4v) is 4.47. The Morgan fingerprint density at radius 3 is 2.48 bits per heavy atom. The van der Waals surface area contributed by atoms with E-state index in [1.807, 2.05) is 43.5 Å². The highest BCUT2D eigenvalue weighted by Gasteiger charge is 2.25. The summed E-state index contributed by atoms with van der Waals surface area (Å²) in [6.07, 6.45) is 4.17. The van der Waals surface area contributed by atoms with Crippen LogP contribution in [0.3, 0.4) is 0 Å². The molecule has 0 saturated carbocycles. The van der Waals surface area contributed by atoms with E-state index in [4.69, 9.17) is 0 Å². The summed E-state index contributed by atoms with van der Waals surface area (Å²) in [6, 6.07) is 20.0. The van der Waals surface area contributed by atoms with Gasteiger partial charge in [0.05, 0.1) is 4.47 Å². The van der Waals surface area contributed by atoms with E-state index in [9.17, 15) is 10.2 Å². The van der Waals surface area contributed by atoms with Gasteiger partial charge in [-0.25, -0.2) is 0 Å². The molecule has 0 fully saturated rings. The molecule has 4 heteroatoms. The maximum Gasteiger partial charge on any atom is 0.171 e. The second-order valence-electron chi connectivity index (χ2n) is 7.15. The van der Waals surface area contributed by atoms with Crippen molar-refractivity contribution in [3.05, 3.63) is 99.7 Å². The lowest BCUT2D eigenvalue weighted by atomic mass is 9.80. The van der Waals surface area contributed by atoms with E-state index in [-0.39, 0.29) is 17.4 Å². The number of aromatic nitrogens is 1. The van der Waals surface area contributed by atoms with Gasteiger partial charge in [-0.05, 0) is 75.8 Å². The Kier molecular flexibility index (Phi) is 5.20. The number of phenols is 2. The minimum absolute atomic E-state index is 0.125. The predicted molar refractivity (Wildman–Crippen MR) is 122 cm³/mol. The topological polar surface area (TPSA) is 56.2 Å². The van der Waals surface area contributed by atoms with Crippen LogP contribution < -0.4 is 0 Å². The average molecular weight is 448 g/mol. The number of H-pyrrole nitrogens is 1. The monoisotopic (exact) mass is 447 g/mol. The Morgan fingerprint density at radius 2 is 1.76 bits per heavy atom. The molecular weight excluding hydrogens is 426 g/mol. The van der Waals surface area contributed by atoms with Gasteiger partial charge in [-0.2, -0.15) is 0 Å². The Hall–Kier alpha value is -2.98. The van der Waals surface area contributed by atoms with Crippen LogP contribution in [0.25, 0.3) is 16.5 Å². The smallest absolute Gasteiger partial charge is 0.171 e. The minimum Gasteiger partial charge on any atom is -0.504 e. The number of halogens is 1. The molecule has 4 aromatic rings. The molecule has 0 aliphatic rings. The summed E-state index contributed by atoms with van der Waals surface area (Å²) in [6.45, 7) is 4.15. The van der Waals surface area contributed by atoms with Gasteiger partial charge in [-0.1, -0.05) is 48.5 Å². The van der Waals surface area contributed by atoms with Gasteiger partial charge >= 0.3 is 0 Å². The summed E-state index contributed by atoms with van der Waals surface area (Å²) in [5.74, 6) is -0.413. The highest BCUT2D eigenvalue weighted by molar-refractivity contribution is 9.10. The molecule has 3 nitrogen and oxygen atoms in total. The number of para-hydroxylation sites is 1. The van der Waals surface area contributed by atoms with Crippen molar-refractivity contribution < 1.29 is 10.2 Å². The number of hydrogen-bond acceptors (Lipinski definition) is 2. The number of aromatic hydroxyl groups is 2. The van der Waals surface area contributed by atoms with E-state index in [1.165, 1.54) is 5.56 Å². The van der Waals surface area contributed by atoms with Gasteiger partial charge in [0, 0.05) is 23.0 Å². The van der Waals surface area contributed by atoms with Crippen molar-refractivity contribution >= 4 is 32.4 Å². The number of aromatic amines is 1. The largest absolute Gasteiger partial charge is 0.504 e. The van der Waals surface area contributed by atoms with Crippen molar-refractivity contribution in [2.45, 2.75) is 19.8 Å². The summed E-state index contributed by atoms with van der Waals surface area (Å²) in [7, 11) is 0. The van der Waals surface area contributed by atoms with Crippen molar-refractivity contribution in [2.24, 2.45) is 0 Å². The van der Waals surface area contributed by atoms with Crippen LogP contribution in [0.2, 0.25) is 0 Å². The van der Waals surface area contributed by atoms with Crippen LogP contribution in [0, 0.1) is 6.92 Å². The number of benzene rings is 3. The minimum atomic E-state index is -0.149. The summed E-state index contributed by atoms with van der Waals surface area (Å²) in [5.41, 5.74) is 6.57. The molecule has 0 radical (unpaired) electrons. The lowest BCUT2D eigenvalue weighted by Gasteiger charge is -2.23. The molecule has 3 aromatic carbocycles. The van der Waals surface area contributed by atoms with Crippen LogP contribution in [-0.2, 0) is 0 Å². The second kappa shape index (κ2) is 7.80. The Bertz CT molecular complexity index is 1200. The molecule has 1 unspecified atom stereocenters. The van der Waals surface area contributed by atoms with E-state index in [0.717, 1.165) is 33.2 Å². The average Bonchev–Trinajstić information content (AvgIpc) is 3.14. The molecule has 0 spiro atoms. The summed E-state index contributed by atoms with van der Waals surface area (Å²) in [5, 5.41) is 21.5. The van der Waals surface area contributed by atoms with Gasteiger partial charge in [0.25, 0.3) is 0 Å². The highest BCUT2D eigenvalue weighted by Crippen LogP contribution is 2.45. The third-order valence-corrected chi connectivity index (χ3v) is 6.01. The first kappa shape index (κ1) is 19.3. The van der Waals surface area contributed by atoms with Crippen molar-refractivity contribution in [1.29, 1.82) is 0 Å². The van der Waals surface area contributed by atoms with E-state index in [1.54, 1.807) is 6.07 Å². The number of allylic oxidation sites excluding steroid dienone is 2. The van der Waals surface area contributed by atoms with Crippen molar-refractivity contribution in [2.75, 3.05) is 0 Å². The molecule has 4 rings (SSSR count). The maximum absolute atomic E-state index is 10.3. The van der Waals surface area contributed by atoms with E-state index >= 15 is 0 Å².